The van der Waals surface area contributed by atoms with E-state index in [9.17, 15) is 9.59 Å². The summed E-state index contributed by atoms with van der Waals surface area (Å²) in [5.41, 5.74) is 4.25. The van der Waals surface area contributed by atoms with Crippen molar-refractivity contribution in [2.45, 2.75) is 33.2 Å². The van der Waals surface area contributed by atoms with Gasteiger partial charge in [0.15, 0.2) is 5.11 Å². The topological polar surface area (TPSA) is 52.7 Å². The molecule has 0 spiro atoms. The van der Waals surface area contributed by atoms with E-state index in [1.165, 1.54) is 4.90 Å². The molecule has 4 rings (SSSR count). The molecular formula is C25H23Cl2N3O2S. The number of halogens is 2. The van der Waals surface area contributed by atoms with Gasteiger partial charge in [0.25, 0.3) is 11.8 Å². The fourth-order valence-corrected chi connectivity index (χ4v) is 5.13. The second-order valence-corrected chi connectivity index (χ2v) is 9.70. The van der Waals surface area contributed by atoms with Gasteiger partial charge in [-0.3, -0.25) is 19.8 Å². The standard InChI is InChI=1S/C25H23Cl2N3O2S/c1-5-29-19-10-9-15(11-16(19)14(2)13-25(29,3)4)12-17-22(31)28-24(33)30(23(17)32)20-8-6-7-18(26)21(20)27/h6-13H,5H2,1-4H3,(H,28,31,33)/b17-12+. The number of anilines is 2. The number of nitrogens with one attached hydrogen (secondary N) is 1. The van der Waals surface area contributed by atoms with Crippen LogP contribution in [0.25, 0.3) is 11.6 Å². The van der Waals surface area contributed by atoms with E-state index < -0.39 is 11.8 Å². The van der Waals surface area contributed by atoms with Crippen molar-refractivity contribution in [2.24, 2.45) is 0 Å². The Morgan fingerprint density at radius 2 is 1.85 bits per heavy atom. The van der Waals surface area contributed by atoms with Crippen molar-refractivity contribution in [1.29, 1.82) is 0 Å². The zero-order valence-electron chi connectivity index (χ0n) is 18.7. The van der Waals surface area contributed by atoms with Crippen LogP contribution in [0.5, 0.6) is 0 Å². The van der Waals surface area contributed by atoms with Gasteiger partial charge in [0.05, 0.1) is 21.3 Å². The van der Waals surface area contributed by atoms with Crippen molar-refractivity contribution in [3.8, 4) is 0 Å². The van der Waals surface area contributed by atoms with Crippen molar-refractivity contribution in [1.82, 2.24) is 5.32 Å². The predicted molar refractivity (Wildman–Crippen MR) is 140 cm³/mol. The minimum atomic E-state index is -0.561. The summed E-state index contributed by atoms with van der Waals surface area (Å²) in [6.45, 7) is 9.42. The first-order valence-corrected chi connectivity index (χ1v) is 11.7. The summed E-state index contributed by atoms with van der Waals surface area (Å²) >= 11 is 17.7. The molecule has 1 fully saturated rings. The zero-order valence-corrected chi connectivity index (χ0v) is 21.0. The van der Waals surface area contributed by atoms with Crippen LogP contribution >= 0.6 is 35.4 Å². The van der Waals surface area contributed by atoms with Crippen molar-refractivity contribution in [2.75, 3.05) is 16.3 Å². The zero-order chi connectivity index (χ0) is 24.1. The molecule has 2 heterocycles. The molecule has 0 unspecified atom stereocenters. The highest BCUT2D eigenvalue weighted by Gasteiger charge is 2.36. The fourth-order valence-electron chi connectivity index (χ4n) is 4.48. The van der Waals surface area contributed by atoms with E-state index in [-0.39, 0.29) is 26.3 Å². The van der Waals surface area contributed by atoms with Crippen molar-refractivity contribution in [3.05, 3.63) is 69.2 Å². The van der Waals surface area contributed by atoms with Gasteiger partial charge in [0.2, 0.25) is 0 Å². The quantitative estimate of drug-likeness (QED) is 0.327. The molecule has 8 heteroatoms. The molecule has 2 aliphatic rings. The summed E-state index contributed by atoms with van der Waals surface area (Å²) in [4.78, 5) is 29.6. The lowest BCUT2D eigenvalue weighted by Crippen LogP contribution is -2.54. The Balaban J connectivity index is 1.77. The molecule has 2 amide bonds. The van der Waals surface area contributed by atoms with Crippen LogP contribution in [0.1, 0.15) is 38.8 Å². The van der Waals surface area contributed by atoms with Crippen molar-refractivity contribution >= 4 is 75.4 Å². The van der Waals surface area contributed by atoms with Gasteiger partial charge in [-0.05, 0) is 81.4 Å². The molecule has 0 atom stereocenters. The first-order chi connectivity index (χ1) is 15.5. The Morgan fingerprint density at radius 3 is 2.55 bits per heavy atom. The number of likely N-dealkylation sites (N-methyl/N-ethyl adjacent to an activating group) is 1. The average molecular weight is 500 g/mol. The van der Waals surface area contributed by atoms with Gasteiger partial charge < -0.3 is 4.90 Å². The number of carbonyl (C=O) groups is 2. The van der Waals surface area contributed by atoms with Crippen LogP contribution in [0.2, 0.25) is 10.0 Å². The molecule has 5 nitrogen and oxygen atoms in total. The summed E-state index contributed by atoms with van der Waals surface area (Å²) < 4.78 is 0. The summed E-state index contributed by atoms with van der Waals surface area (Å²) in [7, 11) is 0. The first-order valence-electron chi connectivity index (χ1n) is 10.5. The molecular weight excluding hydrogens is 477 g/mol. The van der Waals surface area contributed by atoms with Gasteiger partial charge in [-0.2, -0.15) is 0 Å². The lowest BCUT2D eigenvalue weighted by Gasteiger charge is -2.42. The number of allylic oxidation sites excluding steroid dienone is 1. The Kier molecular flexibility index (Phi) is 6.12. The molecule has 33 heavy (non-hydrogen) atoms. The third-order valence-corrected chi connectivity index (χ3v) is 7.00. The number of thiocarbonyl (C=S) groups is 1. The van der Waals surface area contributed by atoms with Gasteiger partial charge in [-0.1, -0.05) is 41.4 Å². The minimum Gasteiger partial charge on any atom is -0.363 e. The summed E-state index contributed by atoms with van der Waals surface area (Å²) in [5.74, 6) is -1.12. The molecule has 2 aliphatic heterocycles. The molecule has 2 aromatic rings. The predicted octanol–water partition coefficient (Wildman–Crippen LogP) is 5.85. The van der Waals surface area contributed by atoms with E-state index in [4.69, 9.17) is 35.4 Å². The van der Waals surface area contributed by atoms with Gasteiger partial charge in [0.1, 0.15) is 5.57 Å². The molecule has 0 bridgehead atoms. The van der Waals surface area contributed by atoms with E-state index in [0.29, 0.717) is 5.69 Å². The van der Waals surface area contributed by atoms with Gasteiger partial charge in [0, 0.05) is 17.8 Å². The van der Waals surface area contributed by atoms with Crippen LogP contribution in [-0.4, -0.2) is 29.0 Å². The lowest BCUT2D eigenvalue weighted by molar-refractivity contribution is -0.122. The summed E-state index contributed by atoms with van der Waals surface area (Å²) in [6, 6.07) is 10.8. The number of nitrogens with zero attached hydrogens (tertiary/aromatic N) is 2. The molecule has 0 saturated carbocycles. The van der Waals surface area contributed by atoms with Crippen molar-refractivity contribution in [3.63, 3.8) is 0 Å². The third kappa shape index (κ3) is 4.07. The van der Waals surface area contributed by atoms with Gasteiger partial charge in [-0.15, -0.1) is 0 Å². The molecule has 170 valence electrons. The van der Waals surface area contributed by atoms with Crippen LogP contribution in [0, 0.1) is 0 Å². The van der Waals surface area contributed by atoms with E-state index in [1.54, 1.807) is 24.3 Å². The smallest absolute Gasteiger partial charge is 0.270 e. The minimum absolute atomic E-state index is 0.0373. The normalized spacial score (nSPS) is 18.9. The maximum atomic E-state index is 13.3. The summed E-state index contributed by atoms with van der Waals surface area (Å²) in [5, 5.41) is 3.00. The van der Waals surface area contributed by atoms with E-state index in [2.05, 4.69) is 44.0 Å². The Bertz CT molecular complexity index is 1270. The Labute approximate surface area is 208 Å². The molecule has 1 N–H and O–H groups in total. The van der Waals surface area contributed by atoms with Gasteiger partial charge in [-0.25, -0.2) is 0 Å². The first kappa shape index (κ1) is 23.5. The van der Waals surface area contributed by atoms with Crippen molar-refractivity contribution < 1.29 is 9.59 Å². The molecule has 2 aromatic carbocycles. The molecule has 0 aromatic heterocycles. The number of carbonyl (C=O) groups excluding carboxylic acids is 2. The summed E-state index contributed by atoms with van der Waals surface area (Å²) in [6.07, 6.45) is 3.81. The SMILES string of the molecule is CCN1c2ccc(/C=C3\C(=O)NC(=S)N(c4cccc(Cl)c4Cl)C3=O)cc2C(C)=CC1(C)C. The molecule has 1 saturated heterocycles. The van der Waals surface area contributed by atoms with E-state index in [1.807, 2.05) is 18.2 Å². The Morgan fingerprint density at radius 1 is 1.12 bits per heavy atom. The highest BCUT2D eigenvalue weighted by Crippen LogP contribution is 2.39. The van der Waals surface area contributed by atoms with Crippen LogP contribution in [-0.2, 0) is 9.59 Å². The number of hydrogen-bond donors (Lipinski definition) is 1. The van der Waals surface area contributed by atoms with E-state index >= 15 is 0 Å². The number of benzene rings is 2. The highest BCUT2D eigenvalue weighted by molar-refractivity contribution is 7.80. The number of hydrogen-bond acceptors (Lipinski definition) is 4. The number of fused-ring (bicyclic) bond motifs is 1. The monoisotopic (exact) mass is 499 g/mol. The van der Waals surface area contributed by atoms with Crippen LogP contribution in [0.3, 0.4) is 0 Å². The largest absolute Gasteiger partial charge is 0.363 e. The van der Waals surface area contributed by atoms with Crippen LogP contribution in [0.4, 0.5) is 11.4 Å². The second kappa shape index (κ2) is 8.60. The number of amides is 2. The maximum absolute atomic E-state index is 13.3. The molecule has 0 aliphatic carbocycles. The average Bonchev–Trinajstić information content (AvgIpc) is 2.74. The molecule has 0 radical (unpaired) electrons. The third-order valence-electron chi connectivity index (χ3n) is 5.90. The number of rotatable bonds is 3. The highest BCUT2D eigenvalue weighted by atomic mass is 35.5. The fraction of sp³-hybridized carbons (Fsp3) is 0.240. The Hall–Kier alpha value is -2.67. The van der Waals surface area contributed by atoms with E-state index in [0.717, 1.165) is 28.9 Å². The maximum Gasteiger partial charge on any atom is 0.270 e. The lowest BCUT2D eigenvalue weighted by atomic mass is 9.88. The second-order valence-electron chi connectivity index (χ2n) is 8.53. The van der Waals surface area contributed by atoms with Crippen LogP contribution < -0.4 is 15.1 Å². The van der Waals surface area contributed by atoms with Crippen LogP contribution in [0.15, 0.2) is 48.0 Å². The van der Waals surface area contributed by atoms with Gasteiger partial charge >= 0.3 is 0 Å².